The summed E-state index contributed by atoms with van der Waals surface area (Å²) in [7, 11) is 0. The Hall–Kier alpha value is -0.570. The Bertz CT molecular complexity index is 302. The molecule has 3 heteroatoms. The Labute approximate surface area is 77.1 Å². The van der Waals surface area contributed by atoms with Gasteiger partial charge in [-0.1, -0.05) is 19.2 Å². The molecule has 1 fully saturated rings. The van der Waals surface area contributed by atoms with Gasteiger partial charge in [0.1, 0.15) is 2.82 Å². The van der Waals surface area contributed by atoms with Crippen molar-refractivity contribution >= 4 is 5.91 Å². The molecule has 11 heavy (non-hydrogen) atoms. The van der Waals surface area contributed by atoms with E-state index in [-0.39, 0.29) is 5.72 Å². The summed E-state index contributed by atoms with van der Waals surface area (Å²) in [6, 6.07) is -1.51. The molecule has 1 rings (SSSR count). The average molecular weight is 163 g/mol. The van der Waals surface area contributed by atoms with Crippen LogP contribution in [0.15, 0.2) is 0 Å². The van der Waals surface area contributed by atoms with Crippen LogP contribution in [0.2, 0.25) is 2.82 Å². The lowest BCUT2D eigenvalue weighted by Gasteiger charge is -2.24. The molecule has 3 nitrogen and oxygen atoms in total. The zero-order chi connectivity index (χ0) is 14.2. The van der Waals surface area contributed by atoms with E-state index in [1.54, 1.807) is 0 Å². The second kappa shape index (κ2) is 3.72. The summed E-state index contributed by atoms with van der Waals surface area (Å²) in [6.45, 7) is 0. The van der Waals surface area contributed by atoms with Crippen LogP contribution in [-0.2, 0) is 4.79 Å². The van der Waals surface area contributed by atoms with Gasteiger partial charge < -0.3 is 11.5 Å². The molecule has 0 bridgehead atoms. The zero-order valence-corrected chi connectivity index (χ0v) is 5.97. The van der Waals surface area contributed by atoms with E-state index in [1.807, 2.05) is 0 Å². The molecule has 1 amide bonds. The lowest BCUT2D eigenvalue weighted by Crippen LogP contribution is -2.43. The molecule has 1 aliphatic rings. The maximum Gasteiger partial charge on any atom is 0.234 e. The molecule has 5 atom stereocenters. The van der Waals surface area contributed by atoms with Crippen molar-refractivity contribution in [2.75, 3.05) is 0 Å². The Morgan fingerprint density at radius 3 is 2.64 bits per heavy atom. The molecule has 4 N–H and O–H groups in total. The third-order valence-corrected chi connectivity index (χ3v) is 1.54. The molecule has 64 valence electrons. The molecule has 0 heterocycles. The molecule has 0 aromatic rings. The molecular formula is C8H16N2O. The van der Waals surface area contributed by atoms with Crippen molar-refractivity contribution in [3.8, 4) is 0 Å². The van der Waals surface area contributed by atoms with E-state index in [1.165, 1.54) is 0 Å². The molecule has 0 aromatic carbocycles. The van der Waals surface area contributed by atoms with Crippen LogP contribution in [0, 0.1) is 5.92 Å². The third kappa shape index (κ3) is 2.19. The summed E-state index contributed by atoms with van der Waals surface area (Å²) >= 11 is 0. The van der Waals surface area contributed by atoms with Gasteiger partial charge in [0.2, 0.25) is 5.91 Å². The minimum atomic E-state index is -1.51. The molecule has 5 unspecified atom stereocenters. The lowest BCUT2D eigenvalue weighted by molar-refractivity contribution is -0.120. The van der Waals surface area contributed by atoms with Gasteiger partial charge in [0.05, 0.1) is 6.04 Å². The normalized spacial score (nSPS) is 70.8. The monoisotopic (exact) mass is 163 g/mol. The number of carbonyl (C=O) groups is 1. The van der Waals surface area contributed by atoms with Crippen molar-refractivity contribution in [1.82, 2.24) is 0 Å². The summed E-state index contributed by atoms with van der Waals surface area (Å²) in [5, 5.41) is 0. The molecule has 0 radical (unpaired) electrons. The molecule has 0 spiro atoms. The highest BCUT2D eigenvalue weighted by atomic mass is 16.1. The van der Waals surface area contributed by atoms with Gasteiger partial charge in [-0.2, -0.15) is 0 Å². The first-order valence-corrected chi connectivity index (χ1v) is 3.37. The van der Waals surface area contributed by atoms with Crippen molar-refractivity contribution in [2.45, 2.75) is 38.0 Å². The molecule has 0 saturated heterocycles. The van der Waals surface area contributed by atoms with Crippen LogP contribution in [0.1, 0.15) is 38.8 Å². The first kappa shape index (κ1) is 3.05. The second-order valence-electron chi connectivity index (χ2n) is 2.39. The van der Waals surface area contributed by atoms with Crippen LogP contribution in [0.4, 0.5) is 0 Å². The highest BCUT2D eigenvalue weighted by Crippen LogP contribution is 2.25. The first-order valence-electron chi connectivity index (χ1n) is 7.15. The Kier molecular flexibility index (Phi) is 1.03. The van der Waals surface area contributed by atoms with E-state index in [2.05, 4.69) is 0 Å². The largest absolute Gasteiger partial charge is 0.368 e. The molecule has 0 aliphatic heterocycles. The fraction of sp³-hybridized carbons (Fsp3) is 0.875. The highest BCUT2D eigenvalue weighted by molar-refractivity contribution is 5.79. The van der Waals surface area contributed by atoms with Crippen molar-refractivity contribution in [3.05, 3.63) is 0 Å². The fourth-order valence-corrected chi connectivity index (χ4v) is 0.913. The average Bonchev–Trinajstić information content (AvgIpc) is 2.28. The smallest absolute Gasteiger partial charge is 0.234 e. The van der Waals surface area contributed by atoms with Crippen LogP contribution >= 0.6 is 0 Å². The van der Waals surface area contributed by atoms with Gasteiger partial charge in [0.15, 0.2) is 0 Å². The number of primary amides is 1. The van der Waals surface area contributed by atoms with Gasteiger partial charge in [-0.15, -0.1) is 0 Å². The third-order valence-electron chi connectivity index (χ3n) is 1.54. The first-order chi connectivity index (χ1) is 8.20. The van der Waals surface area contributed by atoms with Gasteiger partial charge in [-0.3, -0.25) is 4.79 Å². The number of carbonyl (C=O) groups excluding carboxylic acids is 1. The second-order valence-corrected chi connectivity index (χ2v) is 2.39. The predicted octanol–water partition coefficient (Wildman–Crippen LogP) is 0.379. The van der Waals surface area contributed by atoms with Crippen LogP contribution in [0.5, 0.6) is 0 Å². The lowest BCUT2D eigenvalue weighted by atomic mass is 9.84. The minimum absolute atomic E-state index is 0.0276. The van der Waals surface area contributed by atoms with Crippen LogP contribution in [0.3, 0.4) is 0 Å². The Morgan fingerprint density at radius 2 is 2.18 bits per heavy atom. The Balaban J connectivity index is 3.07. The van der Waals surface area contributed by atoms with Crippen LogP contribution in [-0.4, -0.2) is 11.9 Å². The van der Waals surface area contributed by atoms with Gasteiger partial charge in [0.25, 0.3) is 0 Å². The van der Waals surface area contributed by atoms with E-state index in [9.17, 15) is 4.79 Å². The van der Waals surface area contributed by atoms with Gasteiger partial charge >= 0.3 is 0 Å². The molecule has 1 saturated carbocycles. The minimum Gasteiger partial charge on any atom is -0.368 e. The van der Waals surface area contributed by atoms with E-state index in [0.717, 1.165) is 0 Å². The summed E-state index contributed by atoms with van der Waals surface area (Å²) in [4.78, 5) is 11.2. The molecular weight excluding hydrogens is 140 g/mol. The molecule has 0 aromatic heterocycles. The highest BCUT2D eigenvalue weighted by Gasteiger charge is 2.23. The maximum absolute atomic E-state index is 11.2. The van der Waals surface area contributed by atoms with Crippen molar-refractivity contribution < 1.29 is 14.5 Å². The number of rotatable bonds is 3. The zero-order valence-electron chi connectivity index (χ0n) is 13.0. The number of hydrogen-bond acceptors (Lipinski definition) is 2. The number of hydrogen-bond donors (Lipinski definition) is 2. The van der Waals surface area contributed by atoms with Crippen molar-refractivity contribution in [2.24, 2.45) is 17.4 Å². The van der Waals surface area contributed by atoms with Crippen LogP contribution in [0.25, 0.3) is 0 Å². The standard InChI is InChI=1S/C8H16N2O/c9-7(8(10)11)6-4-2-1-3-5-6/h6-7H,1-5,9H2,(H2,10,11)/i1D,2D,3D,4D,5D/hD2. The Morgan fingerprint density at radius 1 is 1.55 bits per heavy atom. The fourth-order valence-electron chi connectivity index (χ4n) is 0.913. The maximum atomic E-state index is 11.2. The molecule has 1 aliphatic carbocycles. The number of nitrogens with two attached hydrogens (primary N) is 2. The predicted molar refractivity (Wildman–Crippen MR) is 43.7 cm³/mol. The van der Waals surface area contributed by atoms with E-state index < -0.39 is 49.9 Å². The van der Waals surface area contributed by atoms with E-state index in [4.69, 9.17) is 15.4 Å². The van der Waals surface area contributed by atoms with E-state index in [0.29, 0.717) is 0 Å². The van der Waals surface area contributed by atoms with Crippen molar-refractivity contribution in [1.29, 1.82) is 0 Å². The topological polar surface area (TPSA) is 69.1 Å². The number of amides is 1. The quantitative estimate of drug-likeness (QED) is 0.631. The van der Waals surface area contributed by atoms with Gasteiger partial charge in [0, 0.05) is 6.85 Å². The van der Waals surface area contributed by atoms with Crippen molar-refractivity contribution in [3.63, 3.8) is 0 Å². The summed E-state index contributed by atoms with van der Waals surface area (Å²) in [5.41, 5.74) is 5.09. The SMILES string of the molecule is [2H]C1C([2H])C([2H])C(C(C(N)=O)N([2H])[2H])C([2H])C1[2H]. The summed E-state index contributed by atoms with van der Waals surface area (Å²) in [6.07, 6.45) is -6.27. The van der Waals surface area contributed by atoms with Crippen LogP contribution < -0.4 is 11.5 Å². The summed E-state index contributed by atoms with van der Waals surface area (Å²) in [5.74, 6) is -2.20. The summed E-state index contributed by atoms with van der Waals surface area (Å²) < 4.78 is 52.7. The van der Waals surface area contributed by atoms with E-state index >= 15 is 0 Å². The van der Waals surface area contributed by atoms with Gasteiger partial charge in [-0.25, -0.2) is 0 Å². The van der Waals surface area contributed by atoms with Gasteiger partial charge in [-0.05, 0) is 18.7 Å².